The van der Waals surface area contributed by atoms with Crippen molar-refractivity contribution in [2.75, 3.05) is 6.54 Å². The number of hydrogen-bond acceptors (Lipinski definition) is 1. The molecule has 0 heterocycles. The second-order valence-corrected chi connectivity index (χ2v) is 5.40. The summed E-state index contributed by atoms with van der Waals surface area (Å²) >= 11 is 3.49. The molecule has 0 saturated carbocycles. The van der Waals surface area contributed by atoms with Crippen LogP contribution >= 0.6 is 15.9 Å². The van der Waals surface area contributed by atoms with E-state index in [4.69, 9.17) is 0 Å². The number of benzene rings is 2. The van der Waals surface area contributed by atoms with Gasteiger partial charge in [0, 0.05) is 16.1 Å². The Morgan fingerprint density at radius 2 is 1.85 bits per heavy atom. The molecule has 2 aromatic rings. The Balaban J connectivity index is 2.32. The van der Waals surface area contributed by atoms with Crippen LogP contribution in [0.3, 0.4) is 0 Å². The van der Waals surface area contributed by atoms with Gasteiger partial charge in [0.2, 0.25) is 0 Å². The molecular weight excluding hydrogens is 324 g/mol. The lowest BCUT2D eigenvalue weighted by atomic mass is 9.98. The van der Waals surface area contributed by atoms with Crippen molar-refractivity contribution in [1.29, 1.82) is 0 Å². The molecule has 1 N–H and O–H groups in total. The molecule has 1 nitrogen and oxygen atoms in total. The molecule has 1 unspecified atom stereocenters. The highest BCUT2D eigenvalue weighted by Gasteiger charge is 2.18. The van der Waals surface area contributed by atoms with Crippen molar-refractivity contribution in [3.8, 4) is 0 Å². The van der Waals surface area contributed by atoms with Gasteiger partial charge in [0.1, 0.15) is 0 Å². The molecule has 0 bridgehead atoms. The SMILES string of the molecule is CCNC(Cc1ccccc1Br)c1cccc(F)c1F. The average Bonchev–Trinajstić information content (AvgIpc) is 2.44. The third kappa shape index (κ3) is 3.44. The fourth-order valence-electron chi connectivity index (χ4n) is 2.21. The van der Waals surface area contributed by atoms with Gasteiger partial charge in [-0.25, -0.2) is 8.78 Å². The molecule has 20 heavy (non-hydrogen) atoms. The Bertz CT molecular complexity index is 586. The third-order valence-electron chi connectivity index (χ3n) is 3.19. The van der Waals surface area contributed by atoms with E-state index in [2.05, 4.69) is 21.2 Å². The molecule has 0 fully saturated rings. The molecule has 0 amide bonds. The van der Waals surface area contributed by atoms with Crippen molar-refractivity contribution in [3.63, 3.8) is 0 Å². The number of rotatable bonds is 5. The van der Waals surface area contributed by atoms with E-state index >= 15 is 0 Å². The number of nitrogens with one attached hydrogen (secondary N) is 1. The summed E-state index contributed by atoms with van der Waals surface area (Å²) in [6.07, 6.45) is 0.593. The molecular formula is C16H16BrF2N. The first-order valence-corrected chi connectivity index (χ1v) is 7.33. The van der Waals surface area contributed by atoms with E-state index in [1.807, 2.05) is 31.2 Å². The molecule has 1 atom stereocenters. The van der Waals surface area contributed by atoms with Crippen molar-refractivity contribution in [3.05, 3.63) is 69.7 Å². The normalized spacial score (nSPS) is 12.4. The smallest absolute Gasteiger partial charge is 0.163 e. The van der Waals surface area contributed by atoms with Crippen LogP contribution in [0.2, 0.25) is 0 Å². The largest absolute Gasteiger partial charge is 0.310 e. The Kier molecular flexibility index (Phi) is 5.26. The summed E-state index contributed by atoms with van der Waals surface area (Å²) in [5, 5.41) is 3.22. The minimum absolute atomic E-state index is 0.255. The van der Waals surface area contributed by atoms with Crippen molar-refractivity contribution in [2.45, 2.75) is 19.4 Å². The van der Waals surface area contributed by atoms with Gasteiger partial charge >= 0.3 is 0 Å². The van der Waals surface area contributed by atoms with E-state index < -0.39 is 11.6 Å². The molecule has 0 aromatic heterocycles. The van der Waals surface area contributed by atoms with Crippen LogP contribution in [0.25, 0.3) is 0 Å². The Hall–Kier alpha value is -1.26. The Morgan fingerprint density at radius 3 is 2.55 bits per heavy atom. The molecule has 0 radical (unpaired) electrons. The maximum Gasteiger partial charge on any atom is 0.163 e. The Morgan fingerprint density at radius 1 is 1.10 bits per heavy atom. The lowest BCUT2D eigenvalue weighted by molar-refractivity contribution is 0.464. The first-order valence-electron chi connectivity index (χ1n) is 6.54. The molecule has 2 aromatic carbocycles. The zero-order valence-electron chi connectivity index (χ0n) is 11.2. The van der Waals surface area contributed by atoms with Crippen molar-refractivity contribution in [1.82, 2.24) is 5.32 Å². The third-order valence-corrected chi connectivity index (χ3v) is 3.96. The molecule has 0 saturated heterocycles. The van der Waals surface area contributed by atoms with Gasteiger partial charge in [0.25, 0.3) is 0 Å². The van der Waals surface area contributed by atoms with Gasteiger partial charge in [-0.1, -0.05) is 53.2 Å². The Labute approximate surface area is 126 Å². The molecule has 106 valence electrons. The van der Waals surface area contributed by atoms with Crippen LogP contribution < -0.4 is 5.32 Å². The zero-order chi connectivity index (χ0) is 14.5. The summed E-state index contributed by atoms with van der Waals surface area (Å²) in [7, 11) is 0. The molecule has 4 heteroatoms. The topological polar surface area (TPSA) is 12.0 Å². The molecule has 0 aliphatic carbocycles. The molecule has 0 aliphatic heterocycles. The second kappa shape index (κ2) is 6.95. The predicted molar refractivity (Wildman–Crippen MR) is 80.6 cm³/mol. The van der Waals surface area contributed by atoms with Gasteiger partial charge in [-0.3, -0.25) is 0 Å². The van der Waals surface area contributed by atoms with Crippen LogP contribution in [0, 0.1) is 11.6 Å². The summed E-state index contributed by atoms with van der Waals surface area (Å²) in [6, 6.07) is 11.8. The van der Waals surface area contributed by atoms with Gasteiger partial charge in [-0.2, -0.15) is 0 Å². The van der Waals surface area contributed by atoms with Gasteiger partial charge in [0.15, 0.2) is 11.6 Å². The highest BCUT2D eigenvalue weighted by atomic mass is 79.9. The monoisotopic (exact) mass is 339 g/mol. The predicted octanol–water partition coefficient (Wildman–Crippen LogP) is 4.62. The summed E-state index contributed by atoms with van der Waals surface area (Å²) in [6.45, 7) is 2.63. The maximum absolute atomic E-state index is 14.0. The first kappa shape index (κ1) is 15.1. The number of hydrogen-bond donors (Lipinski definition) is 1. The summed E-state index contributed by atoms with van der Waals surface area (Å²) < 4.78 is 28.3. The van der Waals surface area contributed by atoms with Crippen LogP contribution in [0.1, 0.15) is 24.1 Å². The van der Waals surface area contributed by atoms with Crippen LogP contribution in [0.15, 0.2) is 46.9 Å². The minimum atomic E-state index is -0.808. The molecule has 0 aliphatic rings. The quantitative estimate of drug-likeness (QED) is 0.837. The van der Waals surface area contributed by atoms with Crippen LogP contribution in [0.5, 0.6) is 0 Å². The molecule has 0 spiro atoms. The van der Waals surface area contributed by atoms with E-state index in [1.54, 1.807) is 6.07 Å². The second-order valence-electron chi connectivity index (χ2n) is 4.55. The van der Waals surface area contributed by atoms with Crippen molar-refractivity contribution in [2.24, 2.45) is 0 Å². The fourth-order valence-corrected chi connectivity index (χ4v) is 2.66. The van der Waals surface area contributed by atoms with E-state index in [0.717, 1.165) is 16.1 Å². The van der Waals surface area contributed by atoms with Gasteiger partial charge < -0.3 is 5.32 Å². The number of halogens is 3. The van der Waals surface area contributed by atoms with Crippen LogP contribution in [-0.4, -0.2) is 6.54 Å². The highest BCUT2D eigenvalue weighted by Crippen LogP contribution is 2.26. The first-order chi connectivity index (χ1) is 9.63. The van der Waals surface area contributed by atoms with Crippen LogP contribution in [-0.2, 0) is 6.42 Å². The van der Waals surface area contributed by atoms with E-state index in [1.165, 1.54) is 6.07 Å². The highest BCUT2D eigenvalue weighted by molar-refractivity contribution is 9.10. The fraction of sp³-hybridized carbons (Fsp3) is 0.250. The van der Waals surface area contributed by atoms with E-state index in [9.17, 15) is 8.78 Å². The van der Waals surface area contributed by atoms with E-state index in [-0.39, 0.29) is 6.04 Å². The molecule has 2 rings (SSSR count). The zero-order valence-corrected chi connectivity index (χ0v) is 12.8. The average molecular weight is 340 g/mol. The lowest BCUT2D eigenvalue weighted by Gasteiger charge is -2.20. The summed E-state index contributed by atoms with van der Waals surface area (Å²) in [4.78, 5) is 0. The van der Waals surface area contributed by atoms with Crippen molar-refractivity contribution < 1.29 is 8.78 Å². The van der Waals surface area contributed by atoms with Crippen molar-refractivity contribution >= 4 is 15.9 Å². The van der Waals surface area contributed by atoms with E-state index in [0.29, 0.717) is 18.5 Å². The van der Waals surface area contributed by atoms with Gasteiger partial charge in [-0.05, 0) is 30.7 Å². The number of likely N-dealkylation sites (N-methyl/N-ethyl adjacent to an activating group) is 1. The summed E-state index contributed by atoms with van der Waals surface area (Å²) in [5.41, 5.74) is 1.42. The summed E-state index contributed by atoms with van der Waals surface area (Å²) in [5.74, 6) is -1.58. The maximum atomic E-state index is 14.0. The lowest BCUT2D eigenvalue weighted by Crippen LogP contribution is -2.24. The minimum Gasteiger partial charge on any atom is -0.310 e. The van der Waals surface area contributed by atoms with Gasteiger partial charge in [-0.15, -0.1) is 0 Å². The van der Waals surface area contributed by atoms with Crippen LogP contribution in [0.4, 0.5) is 8.78 Å². The van der Waals surface area contributed by atoms with Gasteiger partial charge in [0.05, 0.1) is 0 Å². The standard InChI is InChI=1S/C16H16BrF2N/c1-2-20-15(10-11-6-3-4-8-13(11)17)12-7-5-9-14(18)16(12)19/h3-9,15,20H,2,10H2,1H3.